The highest BCUT2D eigenvalue weighted by Gasteiger charge is 2.39. The predicted molar refractivity (Wildman–Crippen MR) is 200 cm³/mol. The second kappa shape index (κ2) is 15.9. The maximum atomic E-state index is 6.15. The molecule has 0 spiro atoms. The standard InChI is InChI=1S/C44H50N2O2/c1-2-3-4-5-6-7-9-33-10-8-11-35(32-33)34-28-30-44(31-29-34,36-12-20-40(21-13-36)47-42-24-16-38(45)17-25-42)37-14-22-41(23-15-37)48-43-26-18-39(46)19-27-43/h8,10-27,32,34H,2-7,9,28-31,45-46H2,1H3. The van der Waals surface area contributed by atoms with E-state index in [2.05, 4.69) is 79.7 Å². The van der Waals surface area contributed by atoms with Crippen LogP contribution in [0.5, 0.6) is 23.0 Å². The lowest BCUT2D eigenvalue weighted by molar-refractivity contribution is 0.314. The molecule has 1 aliphatic carbocycles. The Labute approximate surface area is 287 Å². The average molecular weight is 639 g/mol. The topological polar surface area (TPSA) is 70.5 Å². The third-order valence-corrected chi connectivity index (χ3v) is 10.1. The molecule has 0 saturated heterocycles. The second-order valence-corrected chi connectivity index (χ2v) is 13.5. The van der Waals surface area contributed by atoms with Gasteiger partial charge in [0.15, 0.2) is 0 Å². The van der Waals surface area contributed by atoms with Crippen molar-refractivity contribution in [3.8, 4) is 23.0 Å². The highest BCUT2D eigenvalue weighted by Crippen LogP contribution is 2.49. The molecule has 248 valence electrons. The van der Waals surface area contributed by atoms with Crippen LogP contribution in [0.15, 0.2) is 121 Å². The predicted octanol–water partition coefficient (Wildman–Crippen LogP) is 12.0. The molecule has 5 aromatic rings. The van der Waals surface area contributed by atoms with E-state index >= 15 is 0 Å². The van der Waals surface area contributed by atoms with Crippen LogP contribution < -0.4 is 20.9 Å². The van der Waals surface area contributed by atoms with E-state index in [9.17, 15) is 0 Å². The van der Waals surface area contributed by atoms with E-state index in [0.29, 0.717) is 5.92 Å². The van der Waals surface area contributed by atoms with Crippen molar-refractivity contribution in [3.05, 3.63) is 144 Å². The minimum absolute atomic E-state index is 0.0912. The molecule has 4 nitrogen and oxygen atoms in total. The number of hydrogen-bond donors (Lipinski definition) is 2. The molecule has 4 N–H and O–H groups in total. The first-order valence-corrected chi connectivity index (χ1v) is 17.9. The maximum Gasteiger partial charge on any atom is 0.127 e. The van der Waals surface area contributed by atoms with Crippen LogP contribution in [-0.4, -0.2) is 0 Å². The van der Waals surface area contributed by atoms with E-state index in [1.807, 2.05) is 48.5 Å². The Kier molecular flexibility index (Phi) is 11.0. The van der Waals surface area contributed by atoms with Gasteiger partial charge < -0.3 is 20.9 Å². The van der Waals surface area contributed by atoms with Crippen molar-refractivity contribution in [2.75, 3.05) is 11.5 Å². The molecular weight excluding hydrogens is 588 g/mol. The Hall–Kier alpha value is -4.70. The third-order valence-electron chi connectivity index (χ3n) is 10.1. The molecule has 0 radical (unpaired) electrons. The number of rotatable bonds is 14. The van der Waals surface area contributed by atoms with E-state index in [0.717, 1.165) is 60.1 Å². The molecule has 1 saturated carbocycles. The van der Waals surface area contributed by atoms with Gasteiger partial charge >= 0.3 is 0 Å². The lowest BCUT2D eigenvalue weighted by Crippen LogP contribution is -2.32. The van der Waals surface area contributed by atoms with Crippen LogP contribution in [0, 0.1) is 0 Å². The van der Waals surface area contributed by atoms with E-state index in [4.69, 9.17) is 20.9 Å². The smallest absolute Gasteiger partial charge is 0.127 e. The molecule has 0 aromatic heterocycles. The highest BCUT2D eigenvalue weighted by atomic mass is 16.5. The van der Waals surface area contributed by atoms with Crippen LogP contribution >= 0.6 is 0 Å². The van der Waals surface area contributed by atoms with Gasteiger partial charge in [-0.3, -0.25) is 0 Å². The molecule has 4 heteroatoms. The van der Waals surface area contributed by atoms with Gasteiger partial charge in [0.1, 0.15) is 23.0 Å². The van der Waals surface area contributed by atoms with Gasteiger partial charge in [0.05, 0.1) is 0 Å². The number of nitrogen functional groups attached to an aromatic ring is 2. The number of ether oxygens (including phenoxy) is 2. The summed E-state index contributed by atoms with van der Waals surface area (Å²) < 4.78 is 12.3. The van der Waals surface area contributed by atoms with Crippen molar-refractivity contribution >= 4 is 11.4 Å². The molecule has 1 aliphatic rings. The summed E-state index contributed by atoms with van der Waals surface area (Å²) in [6.07, 6.45) is 13.7. The molecule has 6 rings (SSSR count). The molecule has 0 heterocycles. The molecule has 0 unspecified atom stereocenters. The van der Waals surface area contributed by atoms with Gasteiger partial charge in [-0.25, -0.2) is 0 Å². The number of aryl methyl sites for hydroxylation is 1. The molecule has 0 amide bonds. The van der Waals surface area contributed by atoms with E-state index in [1.54, 1.807) is 0 Å². The van der Waals surface area contributed by atoms with Crippen LogP contribution in [-0.2, 0) is 11.8 Å². The van der Waals surface area contributed by atoms with Gasteiger partial charge in [-0.15, -0.1) is 0 Å². The Bertz CT molecular complexity index is 1610. The number of benzene rings is 5. The Morgan fingerprint density at radius 2 is 1.02 bits per heavy atom. The zero-order valence-electron chi connectivity index (χ0n) is 28.4. The van der Waals surface area contributed by atoms with Crippen molar-refractivity contribution < 1.29 is 9.47 Å². The van der Waals surface area contributed by atoms with Crippen LogP contribution in [0.25, 0.3) is 0 Å². The van der Waals surface area contributed by atoms with Crippen molar-refractivity contribution in [3.63, 3.8) is 0 Å². The molecule has 1 fully saturated rings. The number of anilines is 2. The summed E-state index contributed by atoms with van der Waals surface area (Å²) in [5.41, 5.74) is 18.8. The average Bonchev–Trinajstić information content (AvgIpc) is 3.12. The van der Waals surface area contributed by atoms with Crippen molar-refractivity contribution in [1.29, 1.82) is 0 Å². The van der Waals surface area contributed by atoms with Gasteiger partial charge in [-0.2, -0.15) is 0 Å². The Balaban J connectivity index is 1.19. The minimum Gasteiger partial charge on any atom is -0.457 e. The zero-order valence-corrected chi connectivity index (χ0v) is 28.4. The monoisotopic (exact) mass is 638 g/mol. The molecule has 0 aliphatic heterocycles. The summed E-state index contributed by atoms with van der Waals surface area (Å²) in [6, 6.07) is 42.0. The molecule has 48 heavy (non-hydrogen) atoms. The van der Waals surface area contributed by atoms with Gasteiger partial charge in [0.2, 0.25) is 0 Å². The summed E-state index contributed by atoms with van der Waals surface area (Å²) in [4.78, 5) is 0. The lowest BCUT2D eigenvalue weighted by atomic mass is 9.62. The van der Waals surface area contributed by atoms with Crippen molar-refractivity contribution in [1.82, 2.24) is 0 Å². The minimum atomic E-state index is -0.0912. The fraction of sp³-hybridized carbons (Fsp3) is 0.318. The fourth-order valence-corrected chi connectivity index (χ4v) is 7.33. The zero-order chi connectivity index (χ0) is 33.2. The first-order chi connectivity index (χ1) is 23.5. The maximum absolute atomic E-state index is 6.15. The first-order valence-electron chi connectivity index (χ1n) is 17.9. The third kappa shape index (κ3) is 8.41. The van der Waals surface area contributed by atoms with Gasteiger partial charge in [-0.1, -0.05) is 87.6 Å². The highest BCUT2D eigenvalue weighted by molar-refractivity contribution is 5.48. The van der Waals surface area contributed by atoms with Crippen LogP contribution in [0.1, 0.15) is 99.3 Å². The van der Waals surface area contributed by atoms with Crippen molar-refractivity contribution in [2.45, 2.75) is 88.9 Å². The molecular formula is C44H50N2O2. The Morgan fingerprint density at radius 1 is 0.562 bits per heavy atom. The van der Waals surface area contributed by atoms with Gasteiger partial charge in [0.25, 0.3) is 0 Å². The normalized spacial score (nSPS) is 14.4. The van der Waals surface area contributed by atoms with Gasteiger partial charge in [0, 0.05) is 16.8 Å². The van der Waals surface area contributed by atoms with Gasteiger partial charge in [-0.05, 0) is 139 Å². The summed E-state index contributed by atoms with van der Waals surface area (Å²) >= 11 is 0. The number of hydrogen-bond acceptors (Lipinski definition) is 4. The SMILES string of the molecule is CCCCCCCCc1cccc(C2CCC(c3ccc(Oc4ccc(N)cc4)cc3)(c3ccc(Oc4ccc(N)cc4)cc3)CC2)c1. The van der Waals surface area contributed by atoms with Crippen LogP contribution in [0.4, 0.5) is 11.4 Å². The molecule has 0 atom stereocenters. The van der Waals surface area contributed by atoms with E-state index in [-0.39, 0.29) is 5.41 Å². The first kappa shape index (κ1) is 33.2. The number of nitrogens with two attached hydrogens (primary N) is 2. The summed E-state index contributed by atoms with van der Waals surface area (Å²) in [6.45, 7) is 2.28. The van der Waals surface area contributed by atoms with E-state index in [1.165, 1.54) is 67.2 Å². The molecule has 0 bridgehead atoms. The van der Waals surface area contributed by atoms with Crippen molar-refractivity contribution in [2.24, 2.45) is 0 Å². The summed E-state index contributed by atoms with van der Waals surface area (Å²) in [7, 11) is 0. The largest absolute Gasteiger partial charge is 0.457 e. The van der Waals surface area contributed by atoms with Crippen LogP contribution in [0.3, 0.4) is 0 Å². The molecule has 5 aromatic carbocycles. The summed E-state index contributed by atoms with van der Waals surface area (Å²) in [5.74, 6) is 3.78. The quantitative estimate of drug-likeness (QED) is 0.0938. The number of unbranched alkanes of at least 4 members (excludes halogenated alkanes) is 5. The second-order valence-electron chi connectivity index (χ2n) is 13.5. The lowest BCUT2D eigenvalue weighted by Gasteiger charge is -2.42. The fourth-order valence-electron chi connectivity index (χ4n) is 7.33. The summed E-state index contributed by atoms with van der Waals surface area (Å²) in [5, 5.41) is 0. The Morgan fingerprint density at radius 3 is 1.52 bits per heavy atom. The van der Waals surface area contributed by atoms with Crippen LogP contribution in [0.2, 0.25) is 0 Å². The van der Waals surface area contributed by atoms with E-state index < -0.39 is 0 Å².